The van der Waals surface area contributed by atoms with Crippen LogP contribution in [0, 0.1) is 5.92 Å². The molecule has 0 bridgehead atoms. The van der Waals surface area contributed by atoms with Gasteiger partial charge in [0.1, 0.15) is 5.78 Å². The van der Waals surface area contributed by atoms with Crippen molar-refractivity contribution in [1.82, 2.24) is 0 Å². The third-order valence-corrected chi connectivity index (χ3v) is 3.82. The van der Waals surface area contributed by atoms with Gasteiger partial charge in [-0.25, -0.2) is 0 Å². The first-order valence-corrected chi connectivity index (χ1v) is 6.90. The second kappa shape index (κ2) is 6.58. The van der Waals surface area contributed by atoms with Gasteiger partial charge in [-0.2, -0.15) is 0 Å². The Hall–Kier alpha value is -1.11. The molecule has 0 unspecified atom stereocenters. The highest BCUT2D eigenvalue weighted by Crippen LogP contribution is 2.24. The monoisotopic (exact) mass is 230 g/mol. The molecule has 2 rings (SSSR count). The minimum Gasteiger partial charge on any atom is -0.300 e. The van der Waals surface area contributed by atoms with Gasteiger partial charge in [0.25, 0.3) is 0 Å². The van der Waals surface area contributed by atoms with Gasteiger partial charge in [-0.3, -0.25) is 4.79 Å². The van der Waals surface area contributed by atoms with Crippen LogP contribution in [-0.4, -0.2) is 5.78 Å². The molecule has 0 radical (unpaired) electrons. The molecular weight excluding hydrogens is 208 g/mol. The van der Waals surface area contributed by atoms with E-state index in [1.54, 1.807) is 0 Å². The smallest absolute Gasteiger partial charge is 0.132 e. The molecule has 1 aromatic rings. The summed E-state index contributed by atoms with van der Waals surface area (Å²) in [4.78, 5) is 11.3. The van der Waals surface area contributed by atoms with Crippen LogP contribution in [0.2, 0.25) is 0 Å². The zero-order chi connectivity index (χ0) is 11.9. The van der Waals surface area contributed by atoms with Crippen LogP contribution >= 0.6 is 0 Å². The molecule has 1 nitrogen and oxygen atoms in total. The number of carbonyl (C=O) groups excluding carboxylic acids is 1. The Morgan fingerprint density at radius 1 is 1.00 bits per heavy atom. The fourth-order valence-corrected chi connectivity index (χ4v) is 2.75. The van der Waals surface area contributed by atoms with Crippen molar-refractivity contribution >= 4 is 5.78 Å². The molecule has 0 aromatic heterocycles. The summed E-state index contributed by atoms with van der Waals surface area (Å²) in [6.07, 6.45) is 8.84. The van der Waals surface area contributed by atoms with Crippen LogP contribution in [0.4, 0.5) is 0 Å². The summed E-state index contributed by atoms with van der Waals surface area (Å²) in [5.74, 6) is 1.31. The average molecular weight is 230 g/mol. The molecule has 0 aliphatic heterocycles. The SMILES string of the molecule is O=C1CCCC(CCc2ccccc2)CCC1. The first kappa shape index (κ1) is 12.3. The number of benzene rings is 1. The van der Waals surface area contributed by atoms with Crippen LogP contribution in [0.3, 0.4) is 0 Å². The Bertz CT molecular complexity index is 330. The average Bonchev–Trinajstić information content (AvgIpc) is 2.33. The van der Waals surface area contributed by atoms with Crippen LogP contribution in [-0.2, 0) is 11.2 Å². The summed E-state index contributed by atoms with van der Waals surface area (Å²) in [7, 11) is 0. The number of carbonyl (C=O) groups is 1. The van der Waals surface area contributed by atoms with Crippen molar-refractivity contribution in [3.8, 4) is 0 Å². The van der Waals surface area contributed by atoms with E-state index >= 15 is 0 Å². The van der Waals surface area contributed by atoms with E-state index in [0.717, 1.165) is 31.6 Å². The van der Waals surface area contributed by atoms with Crippen molar-refractivity contribution in [1.29, 1.82) is 0 Å². The largest absolute Gasteiger partial charge is 0.300 e. The maximum atomic E-state index is 11.3. The number of hydrogen-bond acceptors (Lipinski definition) is 1. The fourth-order valence-electron chi connectivity index (χ4n) is 2.75. The van der Waals surface area contributed by atoms with Crippen molar-refractivity contribution in [3.63, 3.8) is 0 Å². The topological polar surface area (TPSA) is 17.1 Å². The third kappa shape index (κ3) is 4.33. The lowest BCUT2D eigenvalue weighted by atomic mass is 9.87. The van der Waals surface area contributed by atoms with Crippen molar-refractivity contribution in [2.75, 3.05) is 0 Å². The Kier molecular flexibility index (Phi) is 4.78. The van der Waals surface area contributed by atoms with Gasteiger partial charge in [-0.15, -0.1) is 0 Å². The highest BCUT2D eigenvalue weighted by Gasteiger charge is 2.14. The molecule has 0 spiro atoms. The molecule has 1 heteroatoms. The lowest BCUT2D eigenvalue weighted by molar-refractivity contribution is -0.119. The minimum absolute atomic E-state index is 0.478. The van der Waals surface area contributed by atoms with Gasteiger partial charge in [0.2, 0.25) is 0 Å². The van der Waals surface area contributed by atoms with Gasteiger partial charge in [0.05, 0.1) is 0 Å². The molecule has 0 N–H and O–H groups in total. The van der Waals surface area contributed by atoms with Crippen LogP contribution < -0.4 is 0 Å². The summed E-state index contributed by atoms with van der Waals surface area (Å²) in [6.45, 7) is 0. The van der Waals surface area contributed by atoms with Gasteiger partial charge in [-0.05, 0) is 37.2 Å². The summed E-state index contributed by atoms with van der Waals surface area (Å²) < 4.78 is 0. The Labute approximate surface area is 104 Å². The van der Waals surface area contributed by atoms with Crippen LogP contribution in [0.15, 0.2) is 30.3 Å². The highest BCUT2D eigenvalue weighted by molar-refractivity contribution is 5.78. The van der Waals surface area contributed by atoms with E-state index in [1.165, 1.54) is 31.2 Å². The Balaban J connectivity index is 1.77. The maximum absolute atomic E-state index is 11.3. The van der Waals surface area contributed by atoms with Gasteiger partial charge < -0.3 is 0 Å². The summed E-state index contributed by atoms with van der Waals surface area (Å²) in [6, 6.07) is 10.7. The summed E-state index contributed by atoms with van der Waals surface area (Å²) >= 11 is 0. The van der Waals surface area contributed by atoms with E-state index in [9.17, 15) is 4.79 Å². The third-order valence-electron chi connectivity index (χ3n) is 3.82. The number of rotatable bonds is 3. The highest BCUT2D eigenvalue weighted by atomic mass is 16.1. The molecule has 0 heterocycles. The fraction of sp³-hybridized carbons (Fsp3) is 0.562. The van der Waals surface area contributed by atoms with Crippen molar-refractivity contribution < 1.29 is 4.79 Å². The predicted octanol–water partition coefficient (Wildman–Crippen LogP) is 4.16. The first-order chi connectivity index (χ1) is 8.34. The maximum Gasteiger partial charge on any atom is 0.132 e. The molecule has 0 atom stereocenters. The molecule has 92 valence electrons. The zero-order valence-corrected chi connectivity index (χ0v) is 10.5. The molecular formula is C16H22O. The van der Waals surface area contributed by atoms with Crippen molar-refractivity contribution in [2.24, 2.45) is 5.92 Å². The molecule has 0 amide bonds. The molecule has 17 heavy (non-hydrogen) atoms. The van der Waals surface area contributed by atoms with Crippen LogP contribution in [0.5, 0.6) is 0 Å². The van der Waals surface area contributed by atoms with Crippen molar-refractivity contribution in [3.05, 3.63) is 35.9 Å². The second-order valence-electron chi connectivity index (χ2n) is 5.21. The van der Waals surface area contributed by atoms with E-state index in [2.05, 4.69) is 30.3 Å². The van der Waals surface area contributed by atoms with E-state index in [0.29, 0.717) is 5.78 Å². The summed E-state index contributed by atoms with van der Waals surface area (Å²) in [5, 5.41) is 0. The molecule has 1 aromatic carbocycles. The van der Waals surface area contributed by atoms with Gasteiger partial charge >= 0.3 is 0 Å². The van der Waals surface area contributed by atoms with Gasteiger partial charge in [0, 0.05) is 12.8 Å². The number of aryl methyl sites for hydroxylation is 1. The van der Waals surface area contributed by atoms with E-state index in [4.69, 9.17) is 0 Å². The van der Waals surface area contributed by atoms with Gasteiger partial charge in [-0.1, -0.05) is 43.2 Å². The lowest BCUT2D eigenvalue weighted by Gasteiger charge is -2.19. The molecule has 1 aliphatic carbocycles. The second-order valence-corrected chi connectivity index (χ2v) is 5.21. The van der Waals surface area contributed by atoms with E-state index in [-0.39, 0.29) is 0 Å². The predicted molar refractivity (Wildman–Crippen MR) is 71.0 cm³/mol. The zero-order valence-electron chi connectivity index (χ0n) is 10.5. The molecule has 1 fully saturated rings. The van der Waals surface area contributed by atoms with Crippen LogP contribution in [0.1, 0.15) is 50.5 Å². The number of Topliss-reactive ketones (excluding diaryl/α,β-unsaturated/α-hetero) is 1. The Morgan fingerprint density at radius 2 is 1.65 bits per heavy atom. The lowest BCUT2D eigenvalue weighted by Crippen LogP contribution is -2.09. The minimum atomic E-state index is 0.478. The molecule has 1 saturated carbocycles. The molecule has 0 saturated heterocycles. The number of ketones is 1. The van der Waals surface area contributed by atoms with Gasteiger partial charge in [0.15, 0.2) is 0 Å². The van der Waals surface area contributed by atoms with E-state index < -0.39 is 0 Å². The normalized spacial score (nSPS) is 18.7. The van der Waals surface area contributed by atoms with Crippen molar-refractivity contribution in [2.45, 2.75) is 51.4 Å². The molecule has 1 aliphatic rings. The van der Waals surface area contributed by atoms with E-state index in [1.807, 2.05) is 0 Å². The van der Waals surface area contributed by atoms with Crippen LogP contribution in [0.25, 0.3) is 0 Å². The number of hydrogen-bond donors (Lipinski definition) is 0. The first-order valence-electron chi connectivity index (χ1n) is 6.90. The quantitative estimate of drug-likeness (QED) is 0.762. The Morgan fingerprint density at radius 3 is 2.29 bits per heavy atom. The standard InChI is InChI=1S/C16H22O/c17-16-10-4-8-15(9-5-11-16)13-12-14-6-2-1-3-7-14/h1-3,6-7,15H,4-5,8-13H2. The summed E-state index contributed by atoms with van der Waals surface area (Å²) in [5.41, 5.74) is 1.45.